The lowest BCUT2D eigenvalue weighted by Gasteiger charge is -2.19. The van der Waals surface area contributed by atoms with Gasteiger partial charge in [-0.05, 0) is 18.6 Å². The van der Waals surface area contributed by atoms with Crippen molar-refractivity contribution in [2.75, 3.05) is 21.3 Å². The highest BCUT2D eigenvalue weighted by Gasteiger charge is 2.12. The van der Waals surface area contributed by atoms with E-state index in [1.807, 2.05) is 25.2 Å². The Kier molecular flexibility index (Phi) is 6.91. The number of nitrogens with zero attached hydrogens (tertiary/aromatic N) is 1. The highest BCUT2D eigenvalue weighted by molar-refractivity contribution is 5.75. The zero-order chi connectivity index (χ0) is 15.0. The summed E-state index contributed by atoms with van der Waals surface area (Å²) in [5.74, 6) is 1.68. The third-order valence-electron chi connectivity index (χ3n) is 3.32. The quantitative estimate of drug-likeness (QED) is 0.686. The van der Waals surface area contributed by atoms with Crippen LogP contribution >= 0.6 is 0 Å². The first-order valence-corrected chi connectivity index (χ1v) is 7.07. The van der Waals surface area contributed by atoms with Crippen molar-refractivity contribution in [3.63, 3.8) is 0 Å². The van der Waals surface area contributed by atoms with E-state index in [0.717, 1.165) is 36.3 Å². The maximum absolute atomic E-state index is 12.0. The van der Waals surface area contributed by atoms with Gasteiger partial charge in [0, 0.05) is 31.6 Å². The fraction of sp³-hybridized carbons (Fsp3) is 0.562. The molecule has 1 amide bonds. The molecule has 0 aliphatic rings. The topological polar surface area (TPSA) is 38.8 Å². The van der Waals surface area contributed by atoms with Crippen LogP contribution in [0, 0.1) is 0 Å². The lowest BCUT2D eigenvalue weighted by molar-refractivity contribution is -0.130. The van der Waals surface area contributed by atoms with Crippen LogP contribution in [0.3, 0.4) is 0 Å². The van der Waals surface area contributed by atoms with Crippen LogP contribution in [-0.2, 0) is 11.3 Å². The van der Waals surface area contributed by atoms with Crippen molar-refractivity contribution in [1.82, 2.24) is 4.90 Å². The lowest BCUT2D eigenvalue weighted by atomic mass is 10.1. The van der Waals surface area contributed by atoms with Gasteiger partial charge in [-0.15, -0.1) is 0 Å². The van der Waals surface area contributed by atoms with Gasteiger partial charge >= 0.3 is 0 Å². The molecular formula is C16H25NO3. The molecule has 0 saturated heterocycles. The summed E-state index contributed by atoms with van der Waals surface area (Å²) in [4.78, 5) is 13.8. The number of amides is 1. The molecule has 0 unspecified atom stereocenters. The van der Waals surface area contributed by atoms with E-state index in [4.69, 9.17) is 9.47 Å². The smallest absolute Gasteiger partial charge is 0.222 e. The number of hydrogen-bond acceptors (Lipinski definition) is 3. The molecule has 1 aromatic rings. The predicted octanol–water partition coefficient (Wildman–Crippen LogP) is 3.24. The number of benzene rings is 1. The molecule has 0 N–H and O–H groups in total. The minimum atomic E-state index is 0.177. The van der Waals surface area contributed by atoms with Gasteiger partial charge in [0.05, 0.1) is 14.2 Å². The summed E-state index contributed by atoms with van der Waals surface area (Å²) in [6.07, 6.45) is 3.80. The van der Waals surface area contributed by atoms with E-state index < -0.39 is 0 Å². The molecule has 0 bridgehead atoms. The van der Waals surface area contributed by atoms with E-state index in [-0.39, 0.29) is 5.91 Å². The standard InChI is InChI=1S/C16H25NO3/c1-5-6-7-8-16(18)17(2)12-13-9-10-14(19-3)11-15(13)20-4/h9-11H,5-8,12H2,1-4H3. The number of unbranched alkanes of at least 4 members (excludes halogenated alkanes) is 2. The second-order valence-electron chi connectivity index (χ2n) is 4.88. The van der Waals surface area contributed by atoms with Crippen molar-refractivity contribution in [3.8, 4) is 11.5 Å². The summed E-state index contributed by atoms with van der Waals surface area (Å²) >= 11 is 0. The highest BCUT2D eigenvalue weighted by Crippen LogP contribution is 2.25. The first-order valence-electron chi connectivity index (χ1n) is 7.07. The average molecular weight is 279 g/mol. The molecule has 20 heavy (non-hydrogen) atoms. The normalized spacial score (nSPS) is 10.2. The third kappa shape index (κ3) is 4.76. The number of carbonyl (C=O) groups is 1. The van der Waals surface area contributed by atoms with Crippen LogP contribution in [0.15, 0.2) is 18.2 Å². The van der Waals surface area contributed by atoms with Gasteiger partial charge in [-0.1, -0.05) is 19.8 Å². The molecule has 0 aromatic heterocycles. The average Bonchev–Trinajstić information content (AvgIpc) is 2.47. The molecule has 0 spiro atoms. The molecule has 0 aliphatic carbocycles. The largest absolute Gasteiger partial charge is 0.497 e. The summed E-state index contributed by atoms with van der Waals surface area (Å²) in [6, 6.07) is 5.66. The van der Waals surface area contributed by atoms with Crippen molar-refractivity contribution < 1.29 is 14.3 Å². The molecule has 4 nitrogen and oxygen atoms in total. The van der Waals surface area contributed by atoms with Gasteiger partial charge in [0.15, 0.2) is 0 Å². The summed E-state index contributed by atoms with van der Waals surface area (Å²) in [6.45, 7) is 2.69. The van der Waals surface area contributed by atoms with Crippen molar-refractivity contribution in [2.24, 2.45) is 0 Å². The summed E-state index contributed by atoms with van der Waals surface area (Å²) in [7, 11) is 5.08. The van der Waals surface area contributed by atoms with Crippen molar-refractivity contribution in [3.05, 3.63) is 23.8 Å². The van der Waals surface area contributed by atoms with Crippen LogP contribution in [0.5, 0.6) is 11.5 Å². The molecule has 4 heteroatoms. The lowest BCUT2D eigenvalue weighted by Crippen LogP contribution is -2.26. The van der Waals surface area contributed by atoms with Gasteiger partial charge in [0.1, 0.15) is 11.5 Å². The minimum absolute atomic E-state index is 0.177. The van der Waals surface area contributed by atoms with Crippen LogP contribution < -0.4 is 9.47 Å². The summed E-state index contributed by atoms with van der Waals surface area (Å²) in [5, 5.41) is 0. The van der Waals surface area contributed by atoms with Gasteiger partial charge in [-0.2, -0.15) is 0 Å². The van der Waals surface area contributed by atoms with Crippen molar-refractivity contribution in [1.29, 1.82) is 0 Å². The monoisotopic (exact) mass is 279 g/mol. The van der Waals surface area contributed by atoms with Gasteiger partial charge in [-0.3, -0.25) is 4.79 Å². The number of ether oxygens (including phenoxy) is 2. The van der Waals surface area contributed by atoms with Crippen molar-refractivity contribution in [2.45, 2.75) is 39.2 Å². The maximum atomic E-state index is 12.0. The van der Waals surface area contributed by atoms with Crippen molar-refractivity contribution >= 4 is 5.91 Å². The number of hydrogen-bond donors (Lipinski definition) is 0. The van der Waals surface area contributed by atoms with Crippen LogP contribution in [0.4, 0.5) is 0 Å². The van der Waals surface area contributed by atoms with Crippen LogP contribution in [0.25, 0.3) is 0 Å². The molecule has 1 rings (SSSR count). The zero-order valence-electron chi connectivity index (χ0n) is 12.9. The molecule has 0 aliphatic heterocycles. The maximum Gasteiger partial charge on any atom is 0.222 e. The van der Waals surface area contributed by atoms with E-state index in [1.165, 1.54) is 0 Å². The Bertz CT molecular complexity index is 432. The minimum Gasteiger partial charge on any atom is -0.497 e. The summed E-state index contributed by atoms with van der Waals surface area (Å²) in [5.41, 5.74) is 0.986. The molecule has 0 heterocycles. The number of carbonyl (C=O) groups excluding carboxylic acids is 1. The van der Waals surface area contributed by atoms with E-state index in [0.29, 0.717) is 13.0 Å². The first kappa shape index (κ1) is 16.3. The number of rotatable bonds is 8. The summed E-state index contributed by atoms with van der Waals surface area (Å²) < 4.78 is 10.5. The Labute approximate surface area is 121 Å². The first-order chi connectivity index (χ1) is 9.62. The zero-order valence-corrected chi connectivity index (χ0v) is 12.9. The SMILES string of the molecule is CCCCCC(=O)N(C)Cc1ccc(OC)cc1OC. The Hall–Kier alpha value is -1.71. The molecule has 0 fully saturated rings. The molecule has 1 aromatic carbocycles. The second-order valence-corrected chi connectivity index (χ2v) is 4.88. The fourth-order valence-electron chi connectivity index (χ4n) is 2.04. The molecular weight excluding hydrogens is 254 g/mol. The van der Waals surface area contributed by atoms with E-state index in [9.17, 15) is 4.79 Å². The molecule has 0 radical (unpaired) electrons. The predicted molar refractivity (Wildman–Crippen MR) is 80.2 cm³/mol. The Morgan fingerprint density at radius 1 is 1.20 bits per heavy atom. The third-order valence-corrected chi connectivity index (χ3v) is 3.32. The molecule has 0 atom stereocenters. The number of methoxy groups -OCH3 is 2. The Balaban J connectivity index is 2.65. The van der Waals surface area contributed by atoms with E-state index in [2.05, 4.69) is 6.92 Å². The van der Waals surface area contributed by atoms with Gasteiger partial charge in [0.25, 0.3) is 0 Å². The van der Waals surface area contributed by atoms with Crippen LogP contribution in [0.2, 0.25) is 0 Å². The Morgan fingerprint density at radius 2 is 1.95 bits per heavy atom. The van der Waals surface area contributed by atoms with E-state index >= 15 is 0 Å². The van der Waals surface area contributed by atoms with E-state index in [1.54, 1.807) is 19.1 Å². The van der Waals surface area contributed by atoms with Gasteiger partial charge in [0.2, 0.25) is 5.91 Å². The highest BCUT2D eigenvalue weighted by atomic mass is 16.5. The fourth-order valence-corrected chi connectivity index (χ4v) is 2.04. The van der Waals surface area contributed by atoms with Crippen LogP contribution in [0.1, 0.15) is 38.2 Å². The van der Waals surface area contributed by atoms with Crippen LogP contribution in [-0.4, -0.2) is 32.1 Å². The molecule has 112 valence electrons. The Morgan fingerprint density at radius 3 is 2.55 bits per heavy atom. The second kappa shape index (κ2) is 8.46. The van der Waals surface area contributed by atoms with Gasteiger partial charge < -0.3 is 14.4 Å². The van der Waals surface area contributed by atoms with Gasteiger partial charge in [-0.25, -0.2) is 0 Å². The molecule has 0 saturated carbocycles.